The molecule has 1 unspecified atom stereocenters. The highest BCUT2D eigenvalue weighted by Gasteiger charge is 2.38. The van der Waals surface area contributed by atoms with Gasteiger partial charge in [-0.15, -0.1) is 0 Å². The smallest absolute Gasteiger partial charge is 0.324 e. The van der Waals surface area contributed by atoms with Gasteiger partial charge in [-0.2, -0.15) is 0 Å². The Morgan fingerprint density at radius 1 is 0.939 bits per heavy atom. The minimum absolute atomic E-state index is 0.0567. The first-order valence-electron chi connectivity index (χ1n) is 15.6. The van der Waals surface area contributed by atoms with Gasteiger partial charge in [-0.05, 0) is 61.2 Å². The first-order valence-corrected chi connectivity index (χ1v) is 16.4. The van der Waals surface area contributed by atoms with Crippen molar-refractivity contribution >= 4 is 69.9 Å². The van der Waals surface area contributed by atoms with Crippen LogP contribution in [-0.2, 0) is 16.0 Å². The summed E-state index contributed by atoms with van der Waals surface area (Å²) in [5, 5.41) is 8.74. The van der Waals surface area contributed by atoms with E-state index in [2.05, 4.69) is 59.8 Å². The molecule has 0 spiro atoms. The number of nitrogens with one attached hydrogen (secondary N) is 3. The molecule has 2 aromatic carbocycles. The zero-order valence-electron chi connectivity index (χ0n) is 26.9. The number of fused-ring (bicyclic) bond motifs is 1. The van der Waals surface area contributed by atoms with Crippen LogP contribution < -0.4 is 31.3 Å². The minimum atomic E-state index is -1.34. The van der Waals surface area contributed by atoms with Crippen molar-refractivity contribution in [2.45, 2.75) is 18.9 Å². The molecule has 1 atom stereocenters. The minimum Gasteiger partial charge on any atom is -0.455 e. The maximum Gasteiger partial charge on any atom is 0.324 e. The van der Waals surface area contributed by atoms with Crippen LogP contribution in [0.15, 0.2) is 67.1 Å². The maximum absolute atomic E-state index is 12.9. The van der Waals surface area contributed by atoms with Crippen LogP contribution in [0.1, 0.15) is 18.2 Å². The first kappa shape index (κ1) is 33.9. The fraction of sp³-hybridized carbons (Fsp3) is 0.265. The molecule has 0 radical (unpaired) electrons. The van der Waals surface area contributed by atoms with Gasteiger partial charge in [0.2, 0.25) is 0 Å². The number of amides is 3. The molecule has 0 saturated carbocycles. The van der Waals surface area contributed by atoms with Gasteiger partial charge in [0.15, 0.2) is 5.60 Å². The molecule has 0 bridgehead atoms. The van der Waals surface area contributed by atoms with Crippen molar-refractivity contribution < 1.29 is 19.1 Å². The third kappa shape index (κ3) is 7.55. The van der Waals surface area contributed by atoms with Crippen molar-refractivity contribution in [1.29, 1.82) is 0 Å². The number of ether oxygens (including phenoxy) is 2. The molecule has 254 valence electrons. The Morgan fingerprint density at radius 3 is 2.41 bits per heavy atom. The Balaban J connectivity index is 1.08. The van der Waals surface area contributed by atoms with Gasteiger partial charge in [-0.3, -0.25) is 15.1 Å². The van der Waals surface area contributed by atoms with Gasteiger partial charge in [-0.25, -0.2) is 14.8 Å². The molecule has 6 rings (SSSR count). The number of urea groups is 1. The lowest BCUT2D eigenvalue weighted by Gasteiger charge is -2.35. The number of aromatic nitrogens is 3. The second-order valence-corrected chi connectivity index (χ2v) is 12.2. The van der Waals surface area contributed by atoms with E-state index in [1.54, 1.807) is 42.6 Å². The SMILES string of the molecule is CCN1CCN(c2ccc(Nc3cc(NC(=O)Nc4ccc(Oc5ccnc6c5CC(OC)(C(N)=O)C=C6)c(Cl)c4Cl)ncn3)cc2)CC1. The highest BCUT2D eigenvalue weighted by molar-refractivity contribution is 6.45. The summed E-state index contributed by atoms with van der Waals surface area (Å²) in [6.07, 6.45) is 6.27. The van der Waals surface area contributed by atoms with Gasteiger partial charge >= 0.3 is 6.03 Å². The van der Waals surface area contributed by atoms with E-state index in [-0.39, 0.29) is 33.7 Å². The fourth-order valence-electron chi connectivity index (χ4n) is 5.67. The molecule has 49 heavy (non-hydrogen) atoms. The number of pyridine rings is 1. The van der Waals surface area contributed by atoms with E-state index in [1.807, 2.05) is 12.1 Å². The normalized spacial score (nSPS) is 17.3. The number of likely N-dealkylation sites (N-methyl/N-ethyl adjacent to an activating group) is 1. The van der Waals surface area contributed by atoms with Crippen molar-refractivity contribution in [3.63, 3.8) is 0 Å². The van der Waals surface area contributed by atoms with Crippen molar-refractivity contribution in [3.05, 3.63) is 88.4 Å². The lowest BCUT2D eigenvalue weighted by molar-refractivity contribution is -0.134. The highest BCUT2D eigenvalue weighted by Crippen LogP contribution is 2.42. The summed E-state index contributed by atoms with van der Waals surface area (Å²) in [6.45, 7) is 7.38. The molecule has 4 aromatic rings. The average molecular weight is 705 g/mol. The van der Waals surface area contributed by atoms with E-state index in [4.69, 9.17) is 38.4 Å². The van der Waals surface area contributed by atoms with Gasteiger partial charge < -0.3 is 35.6 Å². The maximum atomic E-state index is 12.9. The summed E-state index contributed by atoms with van der Waals surface area (Å²) < 4.78 is 11.6. The zero-order chi connectivity index (χ0) is 34.5. The number of carbonyl (C=O) groups is 2. The molecule has 1 saturated heterocycles. The van der Waals surface area contributed by atoms with Crippen LogP contribution in [0.4, 0.5) is 33.5 Å². The van der Waals surface area contributed by atoms with Gasteiger partial charge in [0.1, 0.15) is 34.5 Å². The molecule has 1 aliphatic carbocycles. The van der Waals surface area contributed by atoms with Gasteiger partial charge in [0.25, 0.3) is 5.91 Å². The molecular formula is C34H35Cl2N9O4. The van der Waals surface area contributed by atoms with Crippen LogP contribution >= 0.6 is 23.2 Å². The van der Waals surface area contributed by atoms with Crippen molar-refractivity contribution in [2.24, 2.45) is 5.73 Å². The largest absolute Gasteiger partial charge is 0.455 e. The Kier molecular flexibility index (Phi) is 10.2. The summed E-state index contributed by atoms with van der Waals surface area (Å²) in [6, 6.07) is 13.9. The highest BCUT2D eigenvalue weighted by atomic mass is 35.5. The molecule has 3 heterocycles. The Bertz CT molecular complexity index is 1880. The zero-order valence-corrected chi connectivity index (χ0v) is 28.4. The number of anilines is 5. The fourth-order valence-corrected chi connectivity index (χ4v) is 6.07. The molecule has 13 nitrogen and oxygen atoms in total. The third-order valence-corrected chi connectivity index (χ3v) is 9.39. The van der Waals surface area contributed by atoms with Crippen LogP contribution in [0.2, 0.25) is 10.0 Å². The Labute approximate surface area is 293 Å². The molecule has 15 heteroatoms. The average Bonchev–Trinajstić information content (AvgIpc) is 3.12. The summed E-state index contributed by atoms with van der Waals surface area (Å²) in [5.74, 6) is 0.744. The van der Waals surface area contributed by atoms with Crippen LogP contribution in [0.25, 0.3) is 6.08 Å². The second-order valence-electron chi connectivity index (χ2n) is 11.4. The van der Waals surface area contributed by atoms with Crippen LogP contribution in [0.3, 0.4) is 0 Å². The summed E-state index contributed by atoms with van der Waals surface area (Å²) >= 11 is 13.1. The van der Waals surface area contributed by atoms with E-state index in [9.17, 15) is 9.59 Å². The first-order chi connectivity index (χ1) is 23.7. The monoisotopic (exact) mass is 703 g/mol. The molecule has 5 N–H and O–H groups in total. The third-order valence-electron chi connectivity index (χ3n) is 8.53. The molecule has 1 fully saturated rings. The van der Waals surface area contributed by atoms with Gasteiger partial charge in [0, 0.05) is 68.9 Å². The number of piperazine rings is 1. The lowest BCUT2D eigenvalue weighted by Crippen LogP contribution is -2.47. The Morgan fingerprint density at radius 2 is 1.69 bits per heavy atom. The number of rotatable bonds is 10. The molecule has 2 aliphatic rings. The summed E-state index contributed by atoms with van der Waals surface area (Å²) in [4.78, 5) is 42.7. The number of carbonyl (C=O) groups excluding carboxylic acids is 2. The predicted octanol–water partition coefficient (Wildman–Crippen LogP) is 5.94. The number of benzene rings is 2. The lowest BCUT2D eigenvalue weighted by atomic mass is 9.87. The molecule has 3 amide bonds. The number of nitrogens with zero attached hydrogens (tertiary/aromatic N) is 5. The van der Waals surface area contributed by atoms with E-state index >= 15 is 0 Å². The summed E-state index contributed by atoms with van der Waals surface area (Å²) in [5.41, 5.74) is 7.76. The number of primary amides is 1. The van der Waals surface area contributed by atoms with Crippen molar-refractivity contribution in [3.8, 4) is 11.5 Å². The summed E-state index contributed by atoms with van der Waals surface area (Å²) in [7, 11) is 1.41. The van der Waals surface area contributed by atoms with E-state index < -0.39 is 17.5 Å². The number of hydrogen-bond acceptors (Lipinski definition) is 10. The van der Waals surface area contributed by atoms with E-state index in [1.165, 1.54) is 19.1 Å². The molecular weight excluding hydrogens is 669 g/mol. The van der Waals surface area contributed by atoms with Crippen LogP contribution in [0, 0.1) is 0 Å². The van der Waals surface area contributed by atoms with Crippen LogP contribution in [-0.4, -0.2) is 77.2 Å². The topological polar surface area (TPSA) is 160 Å². The van der Waals surface area contributed by atoms with Gasteiger partial charge in [-0.1, -0.05) is 30.1 Å². The quantitative estimate of drug-likeness (QED) is 0.156. The van der Waals surface area contributed by atoms with Gasteiger partial charge in [0.05, 0.1) is 16.4 Å². The van der Waals surface area contributed by atoms with E-state index in [0.717, 1.165) is 38.4 Å². The van der Waals surface area contributed by atoms with Crippen molar-refractivity contribution in [2.75, 3.05) is 60.7 Å². The van der Waals surface area contributed by atoms with E-state index in [0.29, 0.717) is 22.8 Å². The molecule has 1 aliphatic heterocycles. The number of nitrogens with two attached hydrogens (primary N) is 1. The number of methoxy groups -OCH3 is 1. The predicted molar refractivity (Wildman–Crippen MR) is 191 cm³/mol. The molecule has 2 aromatic heterocycles. The van der Waals surface area contributed by atoms with Crippen LogP contribution in [0.5, 0.6) is 11.5 Å². The second kappa shape index (κ2) is 14.7. The van der Waals surface area contributed by atoms with Crippen molar-refractivity contribution in [1.82, 2.24) is 19.9 Å². The number of hydrogen-bond donors (Lipinski definition) is 4. The Hall–Kier alpha value is -4.95. The number of halogens is 2. The standard InChI is InChI=1S/C34H35Cl2N9O4/c1-3-44-14-16-45(17-15-44)22-6-4-21(5-7-22)41-28-18-29(40-20-39-28)43-33(47)42-25-8-9-27(31(36)30(25)35)49-26-11-13-38-24-10-12-34(48-2,32(37)46)19-23(24)26/h4-13,18,20H,3,14-17,19H2,1-2H3,(H2,37,46)(H3,39,40,41,42,43,47).